The zero-order valence-corrected chi connectivity index (χ0v) is 19.6. The van der Waals surface area contributed by atoms with Gasteiger partial charge < -0.3 is 15.2 Å². The van der Waals surface area contributed by atoms with Gasteiger partial charge in [0, 0.05) is 11.8 Å². The fourth-order valence-electron chi connectivity index (χ4n) is 3.61. The Hall–Kier alpha value is -4.34. The Morgan fingerprint density at radius 3 is 2.50 bits per heavy atom. The van der Waals surface area contributed by atoms with E-state index in [9.17, 15) is 9.59 Å². The number of nitrogens with one attached hydrogen (secondary N) is 1. The lowest BCUT2D eigenvalue weighted by molar-refractivity contribution is 0.0636. The predicted molar refractivity (Wildman–Crippen MR) is 130 cm³/mol. The van der Waals surface area contributed by atoms with Crippen molar-refractivity contribution >= 4 is 28.8 Å². The van der Waals surface area contributed by atoms with Gasteiger partial charge in [0.15, 0.2) is 11.5 Å². The van der Waals surface area contributed by atoms with Crippen LogP contribution < -0.4 is 21.5 Å². The van der Waals surface area contributed by atoms with Crippen molar-refractivity contribution in [3.63, 3.8) is 0 Å². The number of carbonyl (C=O) groups excluding carboxylic acids is 1. The number of aromatic nitrogens is 4. The molecule has 0 aliphatic rings. The van der Waals surface area contributed by atoms with E-state index in [1.807, 2.05) is 13.0 Å². The number of hydrogen-bond donors (Lipinski definition) is 2. The van der Waals surface area contributed by atoms with Crippen LogP contribution in [0.2, 0.25) is 0 Å². The fraction of sp³-hybridized carbons (Fsp3) is 0.250. The lowest BCUT2D eigenvalue weighted by atomic mass is 10.2. The Balaban J connectivity index is 1.87. The summed E-state index contributed by atoms with van der Waals surface area (Å²) in [6.45, 7) is 7.25. The van der Waals surface area contributed by atoms with Crippen LogP contribution in [0.15, 0.2) is 53.6 Å². The highest BCUT2D eigenvalue weighted by Crippen LogP contribution is 2.27. The molecule has 2 heterocycles. The molecule has 0 fully saturated rings. The van der Waals surface area contributed by atoms with Crippen molar-refractivity contribution in [1.29, 1.82) is 0 Å². The zero-order valence-electron chi connectivity index (χ0n) is 19.6. The Bertz CT molecular complexity index is 1450. The molecule has 0 aliphatic carbocycles. The number of amides is 1. The third-order valence-electron chi connectivity index (χ3n) is 5.05. The molecule has 0 saturated carbocycles. The van der Waals surface area contributed by atoms with Crippen LogP contribution in [0, 0.1) is 6.92 Å². The monoisotopic (exact) mass is 462 g/mol. The van der Waals surface area contributed by atoms with Crippen LogP contribution in [0.3, 0.4) is 0 Å². The third-order valence-corrected chi connectivity index (χ3v) is 5.05. The first-order valence-corrected chi connectivity index (χ1v) is 10.6. The maximum absolute atomic E-state index is 13.7. The lowest BCUT2D eigenvalue weighted by Crippen LogP contribution is -2.27. The number of nitrogens with zero attached hydrogens (tertiary/aromatic N) is 4. The molecule has 10 nitrogen and oxygen atoms in total. The molecule has 0 spiro atoms. The minimum absolute atomic E-state index is 0.156. The summed E-state index contributed by atoms with van der Waals surface area (Å²) in [6.07, 6.45) is 0.703. The minimum Gasteiger partial charge on any atom is -0.496 e. The number of nitrogen functional groups attached to an aromatic ring is 1. The first kappa shape index (κ1) is 22.8. The van der Waals surface area contributed by atoms with Gasteiger partial charge in [0.1, 0.15) is 23.2 Å². The molecule has 0 unspecified atom stereocenters. The van der Waals surface area contributed by atoms with Crippen LogP contribution in [-0.4, -0.2) is 37.9 Å². The minimum atomic E-state index is -0.643. The number of rotatable bonds is 4. The number of ether oxygens (including phenoxy) is 2. The second-order valence-corrected chi connectivity index (χ2v) is 8.72. The highest BCUT2D eigenvalue weighted by Gasteiger charge is 2.21. The standard InChI is InChI=1S/C24H26N6O4/c1-14-9-10-17(12-18(14)33-5)29-19-20(25)26-13-27-21(19)30(23(29)32)16-8-6-7-15(11-16)28-22(31)34-24(2,3)4/h6-13H,1-5H3,(H,28,31)(H2,25,26,27). The van der Waals surface area contributed by atoms with Crippen molar-refractivity contribution in [2.45, 2.75) is 33.3 Å². The van der Waals surface area contributed by atoms with E-state index in [1.54, 1.807) is 64.3 Å². The van der Waals surface area contributed by atoms with E-state index in [2.05, 4.69) is 15.3 Å². The van der Waals surface area contributed by atoms with Crippen LogP contribution in [0.1, 0.15) is 26.3 Å². The number of nitrogens with two attached hydrogens (primary N) is 1. The fourth-order valence-corrected chi connectivity index (χ4v) is 3.61. The van der Waals surface area contributed by atoms with Crippen LogP contribution in [-0.2, 0) is 4.74 Å². The number of carbonyl (C=O) groups is 1. The van der Waals surface area contributed by atoms with Gasteiger partial charge in [-0.15, -0.1) is 0 Å². The average molecular weight is 463 g/mol. The van der Waals surface area contributed by atoms with E-state index in [-0.39, 0.29) is 5.82 Å². The Kier molecular flexibility index (Phi) is 5.74. The molecule has 34 heavy (non-hydrogen) atoms. The molecule has 10 heteroatoms. The van der Waals surface area contributed by atoms with Gasteiger partial charge in [-0.1, -0.05) is 12.1 Å². The molecule has 2 aromatic heterocycles. The summed E-state index contributed by atoms with van der Waals surface area (Å²) < 4.78 is 13.6. The molecule has 4 rings (SSSR count). The summed E-state index contributed by atoms with van der Waals surface area (Å²) >= 11 is 0. The van der Waals surface area contributed by atoms with E-state index in [0.29, 0.717) is 34.0 Å². The highest BCUT2D eigenvalue weighted by molar-refractivity contribution is 5.87. The molecule has 0 radical (unpaired) electrons. The second-order valence-electron chi connectivity index (χ2n) is 8.72. The molecule has 2 aromatic carbocycles. The summed E-state index contributed by atoms with van der Waals surface area (Å²) in [7, 11) is 1.57. The molecule has 0 atom stereocenters. The zero-order chi connectivity index (χ0) is 24.6. The van der Waals surface area contributed by atoms with Crippen LogP contribution in [0.5, 0.6) is 5.75 Å². The number of anilines is 2. The van der Waals surface area contributed by atoms with Gasteiger partial charge in [0.05, 0.1) is 18.5 Å². The first-order valence-electron chi connectivity index (χ1n) is 10.6. The maximum Gasteiger partial charge on any atom is 0.412 e. The summed E-state index contributed by atoms with van der Waals surface area (Å²) in [5, 5.41) is 2.69. The van der Waals surface area contributed by atoms with Crippen molar-refractivity contribution in [3.05, 3.63) is 64.8 Å². The molecule has 4 aromatic rings. The molecular formula is C24H26N6O4. The number of aryl methyl sites for hydroxylation is 1. The van der Waals surface area contributed by atoms with E-state index >= 15 is 0 Å². The molecule has 0 bridgehead atoms. The smallest absolute Gasteiger partial charge is 0.412 e. The van der Waals surface area contributed by atoms with Crippen molar-refractivity contribution in [3.8, 4) is 17.1 Å². The molecule has 3 N–H and O–H groups in total. The lowest BCUT2D eigenvalue weighted by Gasteiger charge is -2.19. The quantitative estimate of drug-likeness (QED) is 0.472. The first-order chi connectivity index (χ1) is 16.1. The molecule has 0 saturated heterocycles. The van der Waals surface area contributed by atoms with Gasteiger partial charge in [-0.05, 0) is 57.5 Å². The number of hydrogen-bond acceptors (Lipinski definition) is 7. The van der Waals surface area contributed by atoms with Gasteiger partial charge >= 0.3 is 11.8 Å². The highest BCUT2D eigenvalue weighted by atomic mass is 16.6. The largest absolute Gasteiger partial charge is 0.496 e. The number of benzene rings is 2. The maximum atomic E-state index is 13.7. The van der Waals surface area contributed by atoms with Crippen LogP contribution in [0.4, 0.5) is 16.3 Å². The van der Waals surface area contributed by atoms with E-state index < -0.39 is 17.4 Å². The topological polar surface area (TPSA) is 126 Å². The van der Waals surface area contributed by atoms with Gasteiger partial charge in [0.2, 0.25) is 0 Å². The predicted octanol–water partition coefficient (Wildman–Crippen LogP) is 3.82. The summed E-state index contributed by atoms with van der Waals surface area (Å²) in [4.78, 5) is 34.3. The Morgan fingerprint density at radius 1 is 1.06 bits per heavy atom. The average Bonchev–Trinajstić information content (AvgIpc) is 3.06. The van der Waals surface area contributed by atoms with Gasteiger partial charge in [-0.3, -0.25) is 9.88 Å². The van der Waals surface area contributed by atoms with E-state index in [0.717, 1.165) is 5.56 Å². The third kappa shape index (κ3) is 4.29. The molecular weight excluding hydrogens is 436 g/mol. The number of methoxy groups -OCH3 is 1. The molecule has 176 valence electrons. The summed E-state index contributed by atoms with van der Waals surface area (Å²) in [5.74, 6) is 0.785. The van der Waals surface area contributed by atoms with Crippen LogP contribution >= 0.6 is 0 Å². The van der Waals surface area contributed by atoms with E-state index in [4.69, 9.17) is 15.2 Å². The van der Waals surface area contributed by atoms with E-state index in [1.165, 1.54) is 15.5 Å². The van der Waals surface area contributed by atoms with Crippen molar-refractivity contribution in [1.82, 2.24) is 19.1 Å². The normalized spacial score (nSPS) is 11.4. The van der Waals surface area contributed by atoms with Crippen molar-refractivity contribution in [2.24, 2.45) is 0 Å². The summed E-state index contributed by atoms with van der Waals surface area (Å²) in [5.41, 5.74) is 8.25. The van der Waals surface area contributed by atoms with Gasteiger partial charge in [-0.25, -0.2) is 24.1 Å². The Labute approximate surface area is 196 Å². The van der Waals surface area contributed by atoms with Gasteiger partial charge in [0.25, 0.3) is 0 Å². The molecule has 1 amide bonds. The number of fused-ring (bicyclic) bond motifs is 1. The van der Waals surface area contributed by atoms with Crippen molar-refractivity contribution < 1.29 is 14.3 Å². The summed E-state index contributed by atoms with van der Waals surface area (Å²) in [6, 6.07) is 12.2. The van der Waals surface area contributed by atoms with Crippen LogP contribution in [0.25, 0.3) is 22.5 Å². The second kappa shape index (κ2) is 8.54. The SMILES string of the molecule is COc1cc(-n2c(=O)n(-c3cccc(NC(=O)OC(C)(C)C)c3)c3ncnc(N)c32)ccc1C. The van der Waals surface area contributed by atoms with Crippen molar-refractivity contribution in [2.75, 3.05) is 18.2 Å². The Morgan fingerprint density at radius 2 is 1.79 bits per heavy atom. The number of imidazole rings is 1. The van der Waals surface area contributed by atoms with Gasteiger partial charge in [-0.2, -0.15) is 0 Å². The molecule has 0 aliphatic heterocycles.